The van der Waals surface area contributed by atoms with Gasteiger partial charge >= 0.3 is 0 Å². The van der Waals surface area contributed by atoms with Crippen LogP contribution in [0.3, 0.4) is 0 Å². The number of amides is 1. The van der Waals surface area contributed by atoms with Gasteiger partial charge in [-0.2, -0.15) is 0 Å². The van der Waals surface area contributed by atoms with Crippen molar-refractivity contribution in [2.45, 2.75) is 26.3 Å². The van der Waals surface area contributed by atoms with Crippen LogP contribution in [-0.2, 0) is 4.79 Å². The molecule has 1 amide bonds. The molecule has 0 heterocycles. The van der Waals surface area contributed by atoms with Crippen LogP contribution in [0, 0.1) is 0 Å². The van der Waals surface area contributed by atoms with Gasteiger partial charge in [0, 0.05) is 12.5 Å². The lowest BCUT2D eigenvalue weighted by molar-refractivity contribution is -0.116. The molecular weight excluding hydrogens is 204 g/mol. The molecule has 0 bridgehead atoms. The number of carbonyl (C=O) groups is 1. The minimum Gasteiger partial charge on any atom is -0.492 e. The second-order valence-electron chi connectivity index (χ2n) is 3.66. The van der Waals surface area contributed by atoms with Gasteiger partial charge in [-0.15, -0.1) is 0 Å². The number of hydrogen-bond donors (Lipinski definition) is 2. The molecule has 4 nitrogen and oxygen atoms in total. The molecule has 1 atom stereocenters. The molecule has 0 saturated carbocycles. The van der Waals surface area contributed by atoms with Gasteiger partial charge < -0.3 is 15.8 Å². The van der Waals surface area contributed by atoms with E-state index in [-0.39, 0.29) is 11.9 Å². The summed E-state index contributed by atoms with van der Waals surface area (Å²) in [4.78, 5) is 11.5. The SMILES string of the molecule is CCOc1ccccc1NC(=O)CC(C)N. The molecule has 1 aromatic rings. The lowest BCUT2D eigenvalue weighted by atomic mass is 10.2. The maximum absolute atomic E-state index is 11.5. The Bertz CT molecular complexity index is 351. The van der Waals surface area contributed by atoms with Gasteiger partial charge in [-0.3, -0.25) is 4.79 Å². The molecule has 88 valence electrons. The van der Waals surface area contributed by atoms with Crippen LogP contribution in [0.15, 0.2) is 24.3 Å². The number of nitrogens with one attached hydrogen (secondary N) is 1. The van der Waals surface area contributed by atoms with Gasteiger partial charge in [0.1, 0.15) is 5.75 Å². The number of carbonyl (C=O) groups excluding carboxylic acids is 1. The predicted octanol–water partition coefficient (Wildman–Crippen LogP) is 1.76. The normalized spacial score (nSPS) is 11.9. The quantitative estimate of drug-likeness (QED) is 0.798. The molecule has 1 aromatic carbocycles. The Labute approximate surface area is 95.8 Å². The molecule has 0 radical (unpaired) electrons. The summed E-state index contributed by atoms with van der Waals surface area (Å²) in [6, 6.07) is 7.21. The molecular formula is C12H18N2O2. The van der Waals surface area contributed by atoms with Crippen LogP contribution < -0.4 is 15.8 Å². The molecule has 16 heavy (non-hydrogen) atoms. The lowest BCUT2D eigenvalue weighted by Crippen LogP contribution is -2.24. The van der Waals surface area contributed by atoms with E-state index in [0.29, 0.717) is 24.5 Å². The number of ether oxygens (including phenoxy) is 1. The predicted molar refractivity (Wildman–Crippen MR) is 64.5 cm³/mol. The van der Waals surface area contributed by atoms with E-state index < -0.39 is 0 Å². The second kappa shape index (κ2) is 6.12. The van der Waals surface area contributed by atoms with Crippen molar-refractivity contribution in [2.75, 3.05) is 11.9 Å². The summed E-state index contributed by atoms with van der Waals surface area (Å²) in [6.45, 7) is 4.27. The van der Waals surface area contributed by atoms with Crippen molar-refractivity contribution in [1.29, 1.82) is 0 Å². The van der Waals surface area contributed by atoms with Gasteiger partial charge in [-0.25, -0.2) is 0 Å². The van der Waals surface area contributed by atoms with Crippen LogP contribution in [-0.4, -0.2) is 18.6 Å². The first-order valence-electron chi connectivity index (χ1n) is 5.40. The summed E-state index contributed by atoms with van der Waals surface area (Å²) in [5.74, 6) is 0.588. The number of nitrogens with two attached hydrogens (primary N) is 1. The van der Waals surface area contributed by atoms with E-state index in [0.717, 1.165) is 0 Å². The molecule has 0 aliphatic carbocycles. The van der Waals surface area contributed by atoms with Crippen LogP contribution in [0.4, 0.5) is 5.69 Å². The minimum atomic E-state index is -0.140. The lowest BCUT2D eigenvalue weighted by Gasteiger charge is -2.11. The maximum atomic E-state index is 11.5. The second-order valence-corrected chi connectivity index (χ2v) is 3.66. The third kappa shape index (κ3) is 3.90. The van der Waals surface area contributed by atoms with E-state index in [1.54, 1.807) is 6.92 Å². The number of hydrogen-bond acceptors (Lipinski definition) is 3. The Hall–Kier alpha value is -1.55. The van der Waals surface area contributed by atoms with Crippen molar-refractivity contribution in [1.82, 2.24) is 0 Å². The van der Waals surface area contributed by atoms with Crippen LogP contribution in [0.2, 0.25) is 0 Å². The largest absolute Gasteiger partial charge is 0.492 e. The fourth-order valence-electron chi connectivity index (χ4n) is 1.34. The summed E-state index contributed by atoms with van der Waals surface area (Å²) in [5.41, 5.74) is 6.24. The first-order valence-corrected chi connectivity index (χ1v) is 5.40. The van der Waals surface area contributed by atoms with Gasteiger partial charge in [0.25, 0.3) is 0 Å². The van der Waals surface area contributed by atoms with Crippen LogP contribution in [0.1, 0.15) is 20.3 Å². The molecule has 0 aliphatic heterocycles. The van der Waals surface area contributed by atoms with Crippen molar-refractivity contribution in [3.05, 3.63) is 24.3 Å². The van der Waals surface area contributed by atoms with E-state index in [2.05, 4.69) is 5.32 Å². The van der Waals surface area contributed by atoms with Gasteiger partial charge in [0.05, 0.1) is 12.3 Å². The Kier molecular flexibility index (Phi) is 4.79. The average molecular weight is 222 g/mol. The van der Waals surface area contributed by atoms with Crippen LogP contribution in [0.5, 0.6) is 5.75 Å². The first kappa shape index (κ1) is 12.5. The van der Waals surface area contributed by atoms with E-state index >= 15 is 0 Å². The Balaban J connectivity index is 2.68. The van der Waals surface area contributed by atoms with Crippen molar-refractivity contribution in [3.8, 4) is 5.75 Å². The first-order chi connectivity index (χ1) is 7.63. The topological polar surface area (TPSA) is 64.3 Å². The molecule has 0 aromatic heterocycles. The number of rotatable bonds is 5. The van der Waals surface area contributed by atoms with E-state index in [1.807, 2.05) is 31.2 Å². The van der Waals surface area contributed by atoms with Gasteiger partial charge in [-0.05, 0) is 26.0 Å². The van der Waals surface area contributed by atoms with Crippen molar-refractivity contribution in [3.63, 3.8) is 0 Å². The molecule has 0 fully saturated rings. The number of anilines is 1. The molecule has 0 aliphatic rings. The zero-order chi connectivity index (χ0) is 12.0. The molecule has 0 saturated heterocycles. The third-order valence-electron chi connectivity index (χ3n) is 1.97. The molecule has 1 unspecified atom stereocenters. The highest BCUT2D eigenvalue weighted by molar-refractivity contribution is 5.92. The third-order valence-corrected chi connectivity index (χ3v) is 1.97. The highest BCUT2D eigenvalue weighted by Crippen LogP contribution is 2.23. The fourth-order valence-corrected chi connectivity index (χ4v) is 1.34. The van der Waals surface area contributed by atoms with Crippen molar-refractivity contribution >= 4 is 11.6 Å². The molecule has 0 spiro atoms. The smallest absolute Gasteiger partial charge is 0.226 e. The molecule has 1 rings (SSSR count). The average Bonchev–Trinajstić information content (AvgIpc) is 2.20. The summed E-state index contributed by atoms with van der Waals surface area (Å²) >= 11 is 0. The Morgan fingerprint density at radius 2 is 2.19 bits per heavy atom. The van der Waals surface area contributed by atoms with E-state index in [9.17, 15) is 4.79 Å². The monoisotopic (exact) mass is 222 g/mol. The van der Waals surface area contributed by atoms with Gasteiger partial charge in [-0.1, -0.05) is 12.1 Å². The summed E-state index contributed by atoms with van der Waals surface area (Å²) in [7, 11) is 0. The van der Waals surface area contributed by atoms with E-state index in [4.69, 9.17) is 10.5 Å². The van der Waals surface area contributed by atoms with Crippen LogP contribution >= 0.6 is 0 Å². The maximum Gasteiger partial charge on any atom is 0.226 e. The van der Waals surface area contributed by atoms with Crippen molar-refractivity contribution in [2.24, 2.45) is 5.73 Å². The fraction of sp³-hybridized carbons (Fsp3) is 0.417. The minimum absolute atomic E-state index is 0.0952. The highest BCUT2D eigenvalue weighted by atomic mass is 16.5. The zero-order valence-corrected chi connectivity index (χ0v) is 9.69. The summed E-state index contributed by atoms with van der Waals surface area (Å²) in [5, 5.41) is 2.78. The number of para-hydroxylation sites is 2. The van der Waals surface area contributed by atoms with Gasteiger partial charge in [0.15, 0.2) is 0 Å². The standard InChI is InChI=1S/C12H18N2O2/c1-3-16-11-7-5-4-6-10(11)14-12(15)8-9(2)13/h4-7,9H,3,8,13H2,1-2H3,(H,14,15). The Morgan fingerprint density at radius 1 is 1.50 bits per heavy atom. The van der Waals surface area contributed by atoms with Gasteiger partial charge in [0.2, 0.25) is 5.91 Å². The molecule has 4 heteroatoms. The Morgan fingerprint density at radius 3 is 2.81 bits per heavy atom. The zero-order valence-electron chi connectivity index (χ0n) is 9.69. The summed E-state index contributed by atoms with van der Waals surface area (Å²) in [6.07, 6.45) is 0.306. The van der Waals surface area contributed by atoms with Crippen molar-refractivity contribution < 1.29 is 9.53 Å². The number of benzene rings is 1. The molecule has 3 N–H and O–H groups in total. The summed E-state index contributed by atoms with van der Waals surface area (Å²) < 4.78 is 5.40. The van der Waals surface area contributed by atoms with E-state index in [1.165, 1.54) is 0 Å². The highest BCUT2D eigenvalue weighted by Gasteiger charge is 2.08. The van der Waals surface area contributed by atoms with Crippen LogP contribution in [0.25, 0.3) is 0 Å².